The van der Waals surface area contributed by atoms with Crippen molar-refractivity contribution in [3.05, 3.63) is 18.3 Å². The van der Waals surface area contributed by atoms with E-state index < -0.39 is 0 Å². The summed E-state index contributed by atoms with van der Waals surface area (Å²) in [6.07, 6.45) is 6.93. The summed E-state index contributed by atoms with van der Waals surface area (Å²) in [7, 11) is 0. The lowest BCUT2D eigenvalue weighted by atomic mass is 10.2. The van der Waals surface area contributed by atoms with Crippen molar-refractivity contribution in [2.75, 3.05) is 22.9 Å². The van der Waals surface area contributed by atoms with Crippen molar-refractivity contribution < 1.29 is 0 Å². The Morgan fingerprint density at radius 2 is 2.26 bits per heavy atom. The fraction of sp³-hybridized carbons (Fsp3) is 0.667. The van der Waals surface area contributed by atoms with Crippen molar-refractivity contribution in [1.82, 2.24) is 4.98 Å². The summed E-state index contributed by atoms with van der Waals surface area (Å²) in [5.74, 6) is 2.21. The molecule has 1 aromatic rings. The Morgan fingerprint density at radius 1 is 1.37 bits per heavy atom. The maximum atomic E-state index is 4.34. The van der Waals surface area contributed by atoms with Gasteiger partial charge in [0.25, 0.3) is 0 Å². The van der Waals surface area contributed by atoms with E-state index in [1.807, 2.05) is 6.20 Å². The molecule has 1 aliphatic rings. The zero-order valence-electron chi connectivity index (χ0n) is 12.0. The standard InChI is InChI=1S/C15H25N3S/c1-3-8-16-15-11-13(7-9-17-15)18-12-5-6-14(10-12)19-4-2/h7,9,11-12,14H,3-6,8,10H2,1-2H3,(H2,16,17,18). The van der Waals surface area contributed by atoms with Gasteiger partial charge in [0, 0.05) is 35.8 Å². The molecule has 1 aliphatic carbocycles. The molecule has 2 rings (SSSR count). The predicted molar refractivity (Wildman–Crippen MR) is 86.2 cm³/mol. The first-order chi connectivity index (χ1) is 9.31. The second-order valence-electron chi connectivity index (χ2n) is 5.09. The van der Waals surface area contributed by atoms with Gasteiger partial charge >= 0.3 is 0 Å². The summed E-state index contributed by atoms with van der Waals surface area (Å²) >= 11 is 2.10. The molecule has 1 heterocycles. The number of pyridine rings is 1. The lowest BCUT2D eigenvalue weighted by Gasteiger charge is -2.15. The highest BCUT2D eigenvalue weighted by Crippen LogP contribution is 2.31. The summed E-state index contributed by atoms with van der Waals surface area (Å²) in [4.78, 5) is 4.34. The first-order valence-electron chi connectivity index (χ1n) is 7.39. The van der Waals surface area contributed by atoms with Gasteiger partial charge in [0.15, 0.2) is 0 Å². The van der Waals surface area contributed by atoms with Crippen LogP contribution in [-0.2, 0) is 0 Å². The van der Waals surface area contributed by atoms with Gasteiger partial charge in [-0.25, -0.2) is 4.98 Å². The molecule has 19 heavy (non-hydrogen) atoms. The van der Waals surface area contributed by atoms with Crippen LogP contribution in [-0.4, -0.2) is 28.6 Å². The highest BCUT2D eigenvalue weighted by molar-refractivity contribution is 7.99. The molecule has 0 aromatic carbocycles. The van der Waals surface area contributed by atoms with Crippen LogP contribution in [0.1, 0.15) is 39.5 Å². The number of hydrogen-bond acceptors (Lipinski definition) is 4. The van der Waals surface area contributed by atoms with E-state index >= 15 is 0 Å². The number of aromatic nitrogens is 1. The number of rotatable bonds is 7. The van der Waals surface area contributed by atoms with Crippen molar-refractivity contribution in [1.29, 1.82) is 0 Å². The van der Waals surface area contributed by atoms with Crippen LogP contribution in [0, 0.1) is 0 Å². The third-order valence-corrected chi connectivity index (χ3v) is 4.71. The molecule has 2 atom stereocenters. The molecule has 1 fully saturated rings. The minimum absolute atomic E-state index is 0.630. The second-order valence-corrected chi connectivity index (χ2v) is 6.67. The smallest absolute Gasteiger partial charge is 0.127 e. The molecule has 0 amide bonds. The predicted octanol–water partition coefficient (Wildman–Crippen LogP) is 3.99. The normalized spacial score (nSPS) is 22.4. The van der Waals surface area contributed by atoms with E-state index in [-0.39, 0.29) is 0 Å². The Bertz CT molecular complexity index is 383. The fourth-order valence-electron chi connectivity index (χ4n) is 2.56. The zero-order chi connectivity index (χ0) is 13.5. The Labute approximate surface area is 121 Å². The molecule has 1 saturated carbocycles. The van der Waals surface area contributed by atoms with Gasteiger partial charge in [-0.3, -0.25) is 0 Å². The lowest BCUT2D eigenvalue weighted by Crippen LogP contribution is -2.16. The molecule has 0 bridgehead atoms. The second kappa shape index (κ2) is 7.63. The van der Waals surface area contributed by atoms with Crippen LogP contribution in [0.15, 0.2) is 18.3 Å². The highest BCUT2D eigenvalue weighted by Gasteiger charge is 2.24. The van der Waals surface area contributed by atoms with Crippen molar-refractivity contribution in [3.8, 4) is 0 Å². The molecule has 3 nitrogen and oxygen atoms in total. The van der Waals surface area contributed by atoms with Crippen molar-refractivity contribution in [2.24, 2.45) is 0 Å². The lowest BCUT2D eigenvalue weighted by molar-refractivity contribution is 0.757. The van der Waals surface area contributed by atoms with Crippen molar-refractivity contribution >= 4 is 23.3 Å². The van der Waals surface area contributed by atoms with E-state index in [0.717, 1.165) is 24.0 Å². The van der Waals surface area contributed by atoms with Gasteiger partial charge in [-0.05, 0) is 37.5 Å². The topological polar surface area (TPSA) is 37.0 Å². The van der Waals surface area contributed by atoms with Gasteiger partial charge in [-0.2, -0.15) is 11.8 Å². The van der Waals surface area contributed by atoms with Gasteiger partial charge in [-0.15, -0.1) is 0 Å². The Kier molecular flexibility index (Phi) is 5.83. The molecule has 0 aliphatic heterocycles. The average Bonchev–Trinajstić information content (AvgIpc) is 2.85. The van der Waals surface area contributed by atoms with Gasteiger partial charge in [-0.1, -0.05) is 13.8 Å². The first-order valence-corrected chi connectivity index (χ1v) is 8.44. The van der Waals surface area contributed by atoms with Crippen LogP contribution in [0.4, 0.5) is 11.5 Å². The van der Waals surface area contributed by atoms with E-state index in [0.29, 0.717) is 6.04 Å². The van der Waals surface area contributed by atoms with E-state index in [9.17, 15) is 0 Å². The van der Waals surface area contributed by atoms with Crippen LogP contribution < -0.4 is 10.6 Å². The van der Waals surface area contributed by atoms with Crippen LogP contribution in [0.2, 0.25) is 0 Å². The highest BCUT2D eigenvalue weighted by atomic mass is 32.2. The third kappa shape index (κ3) is 4.60. The first kappa shape index (κ1) is 14.5. The quantitative estimate of drug-likeness (QED) is 0.791. The summed E-state index contributed by atoms with van der Waals surface area (Å²) < 4.78 is 0. The van der Waals surface area contributed by atoms with Gasteiger partial charge in [0.1, 0.15) is 5.82 Å². The molecule has 0 saturated heterocycles. The maximum absolute atomic E-state index is 4.34. The molecule has 2 unspecified atom stereocenters. The van der Waals surface area contributed by atoms with E-state index in [2.05, 4.69) is 53.4 Å². The summed E-state index contributed by atoms with van der Waals surface area (Å²) in [6, 6.07) is 4.82. The number of nitrogens with one attached hydrogen (secondary N) is 2. The largest absolute Gasteiger partial charge is 0.382 e. The van der Waals surface area contributed by atoms with Crippen LogP contribution >= 0.6 is 11.8 Å². The molecule has 2 N–H and O–H groups in total. The third-order valence-electron chi connectivity index (χ3n) is 3.47. The number of hydrogen-bond donors (Lipinski definition) is 2. The number of nitrogens with zero attached hydrogens (tertiary/aromatic N) is 1. The SMILES string of the molecule is CCCNc1cc(NC2CCC(SCC)C2)ccn1. The molecule has 1 aromatic heterocycles. The molecule has 106 valence electrons. The van der Waals surface area contributed by atoms with Crippen LogP contribution in [0.3, 0.4) is 0 Å². The van der Waals surface area contributed by atoms with E-state index in [1.54, 1.807) is 0 Å². The van der Waals surface area contributed by atoms with Gasteiger partial charge in [0.2, 0.25) is 0 Å². The van der Waals surface area contributed by atoms with Crippen LogP contribution in [0.5, 0.6) is 0 Å². The van der Waals surface area contributed by atoms with Crippen molar-refractivity contribution in [2.45, 2.75) is 50.8 Å². The fourth-order valence-corrected chi connectivity index (χ4v) is 3.71. The van der Waals surface area contributed by atoms with Gasteiger partial charge < -0.3 is 10.6 Å². The van der Waals surface area contributed by atoms with Crippen LogP contribution in [0.25, 0.3) is 0 Å². The average molecular weight is 279 g/mol. The maximum Gasteiger partial charge on any atom is 0.127 e. The minimum atomic E-state index is 0.630. The molecular formula is C15H25N3S. The molecule has 0 spiro atoms. The van der Waals surface area contributed by atoms with E-state index in [4.69, 9.17) is 0 Å². The zero-order valence-corrected chi connectivity index (χ0v) is 12.8. The molecule has 4 heteroatoms. The number of thioether (sulfide) groups is 1. The Morgan fingerprint density at radius 3 is 3.05 bits per heavy atom. The Balaban J connectivity index is 1.85. The molecule has 0 radical (unpaired) electrons. The van der Waals surface area contributed by atoms with Crippen molar-refractivity contribution in [3.63, 3.8) is 0 Å². The summed E-state index contributed by atoms with van der Waals surface area (Å²) in [5.41, 5.74) is 1.20. The number of anilines is 2. The van der Waals surface area contributed by atoms with E-state index in [1.165, 1.54) is 30.7 Å². The summed E-state index contributed by atoms with van der Waals surface area (Å²) in [6.45, 7) is 5.40. The van der Waals surface area contributed by atoms with Gasteiger partial charge in [0.05, 0.1) is 0 Å². The minimum Gasteiger partial charge on any atom is -0.382 e. The summed E-state index contributed by atoms with van der Waals surface area (Å²) in [5, 5.41) is 7.84. The Hall–Kier alpha value is -0.900. The molecular weight excluding hydrogens is 254 g/mol. The monoisotopic (exact) mass is 279 g/mol.